The molecule has 3 nitrogen and oxygen atoms in total. The van der Waals surface area contributed by atoms with Crippen molar-refractivity contribution in [3.8, 4) is 0 Å². The van der Waals surface area contributed by atoms with E-state index in [-0.39, 0.29) is 6.61 Å². The minimum Gasteiger partial charge on any atom is -0.478 e. The minimum atomic E-state index is -1.03. The van der Waals surface area contributed by atoms with Gasteiger partial charge < -0.3 is 10.2 Å². The Hall–Kier alpha value is -1.42. The quantitative estimate of drug-likeness (QED) is 0.788. The topological polar surface area (TPSA) is 57.5 Å². The fourth-order valence-electron chi connectivity index (χ4n) is 1.82. The number of rotatable bonds is 7. The molecule has 2 N–H and O–H groups in total. The first-order valence-corrected chi connectivity index (χ1v) is 7.34. The second-order valence-corrected chi connectivity index (χ2v) is 5.90. The number of aliphatic hydroxyl groups is 1. The number of carboxylic acid groups (broad SMARTS) is 1. The molecule has 0 fully saturated rings. The van der Waals surface area contributed by atoms with Crippen molar-refractivity contribution >= 4 is 5.97 Å². The number of carboxylic acids is 1. The van der Waals surface area contributed by atoms with E-state index >= 15 is 0 Å². The highest BCUT2D eigenvalue weighted by atomic mass is 19.1. The highest BCUT2D eigenvalue weighted by Gasteiger charge is 2.14. The van der Waals surface area contributed by atoms with Crippen LogP contribution < -0.4 is 0 Å². The van der Waals surface area contributed by atoms with Crippen molar-refractivity contribution in [2.24, 2.45) is 5.92 Å². The van der Waals surface area contributed by atoms with Gasteiger partial charge in [0.15, 0.2) is 0 Å². The third-order valence-electron chi connectivity index (χ3n) is 3.11. The van der Waals surface area contributed by atoms with Crippen LogP contribution in [0.15, 0.2) is 30.3 Å². The third kappa shape index (κ3) is 12.1. The molecule has 0 aliphatic carbocycles. The first-order valence-electron chi connectivity index (χ1n) is 7.34. The normalized spacial score (nSPS) is 12.2. The fraction of sp³-hybridized carbons (Fsp3) is 0.588. The van der Waals surface area contributed by atoms with E-state index in [9.17, 15) is 9.18 Å². The van der Waals surface area contributed by atoms with Gasteiger partial charge in [-0.3, -0.25) is 0 Å². The molecule has 21 heavy (non-hydrogen) atoms. The smallest absolute Gasteiger partial charge is 0.335 e. The summed E-state index contributed by atoms with van der Waals surface area (Å²) in [6, 6.07) is 8.30. The van der Waals surface area contributed by atoms with Crippen molar-refractivity contribution in [1.82, 2.24) is 0 Å². The predicted octanol–water partition coefficient (Wildman–Crippen LogP) is 4.31. The maximum atomic E-state index is 13.0. The Morgan fingerprint density at radius 2 is 1.81 bits per heavy atom. The van der Waals surface area contributed by atoms with Gasteiger partial charge >= 0.3 is 5.97 Å². The number of aliphatic hydroxyl groups excluding tert-OH is 1. The number of aromatic carboxylic acids is 1. The lowest BCUT2D eigenvalue weighted by Gasteiger charge is -2.15. The minimum absolute atomic E-state index is 0.250. The molecule has 0 spiro atoms. The standard InChI is InChI=1S/C10H21FO.C7H6O2/c1-9(6-8-12)5-4-7-10(2,3)11;8-7(9)6-4-2-1-3-5-6/h9,12H,4-8H2,1-3H3;1-5H,(H,8,9). The lowest BCUT2D eigenvalue weighted by molar-refractivity contribution is 0.0697. The van der Waals surface area contributed by atoms with Gasteiger partial charge in [-0.1, -0.05) is 38.0 Å². The summed E-state index contributed by atoms with van der Waals surface area (Å²) >= 11 is 0. The second kappa shape index (κ2) is 10.3. The summed E-state index contributed by atoms with van der Waals surface area (Å²) in [6.45, 7) is 5.58. The van der Waals surface area contributed by atoms with Crippen LogP contribution in [0.5, 0.6) is 0 Å². The molecule has 0 saturated heterocycles. The van der Waals surface area contributed by atoms with Gasteiger partial charge in [-0.2, -0.15) is 0 Å². The Morgan fingerprint density at radius 3 is 2.19 bits per heavy atom. The zero-order valence-electron chi connectivity index (χ0n) is 13.2. The van der Waals surface area contributed by atoms with Gasteiger partial charge in [0, 0.05) is 6.61 Å². The summed E-state index contributed by atoms with van der Waals surface area (Å²) in [6.07, 6.45) is 3.41. The molecule has 1 aromatic rings. The number of carbonyl (C=O) groups is 1. The maximum absolute atomic E-state index is 13.0. The van der Waals surface area contributed by atoms with E-state index in [4.69, 9.17) is 10.2 Å². The van der Waals surface area contributed by atoms with E-state index in [2.05, 4.69) is 6.92 Å². The van der Waals surface area contributed by atoms with E-state index in [1.807, 2.05) is 0 Å². The Kier molecular flexibility index (Phi) is 9.63. The maximum Gasteiger partial charge on any atom is 0.335 e. The zero-order valence-corrected chi connectivity index (χ0v) is 13.2. The molecule has 0 aromatic heterocycles. The van der Waals surface area contributed by atoms with Crippen molar-refractivity contribution in [2.45, 2.75) is 52.1 Å². The van der Waals surface area contributed by atoms with Crippen LogP contribution in [0.25, 0.3) is 0 Å². The van der Waals surface area contributed by atoms with Crippen LogP contribution >= 0.6 is 0 Å². The molecule has 0 heterocycles. The number of halogens is 1. The average Bonchev–Trinajstić information content (AvgIpc) is 2.39. The van der Waals surface area contributed by atoms with E-state index < -0.39 is 11.6 Å². The van der Waals surface area contributed by atoms with Crippen molar-refractivity contribution in [3.63, 3.8) is 0 Å². The molecule has 0 radical (unpaired) electrons. The number of alkyl halides is 1. The highest BCUT2D eigenvalue weighted by Crippen LogP contribution is 2.20. The molecule has 0 saturated carbocycles. The summed E-state index contributed by atoms with van der Waals surface area (Å²) in [7, 11) is 0. The van der Waals surface area contributed by atoms with Gasteiger partial charge in [-0.25, -0.2) is 9.18 Å². The molecule has 0 bridgehead atoms. The van der Waals surface area contributed by atoms with E-state index in [1.165, 1.54) is 0 Å². The summed E-state index contributed by atoms with van der Waals surface area (Å²) < 4.78 is 13.0. The average molecular weight is 298 g/mol. The lowest BCUT2D eigenvalue weighted by Crippen LogP contribution is -2.11. The van der Waals surface area contributed by atoms with Gasteiger partial charge in [0.25, 0.3) is 0 Å². The van der Waals surface area contributed by atoms with Crippen LogP contribution in [0.4, 0.5) is 4.39 Å². The Balaban J connectivity index is 0.000000394. The summed E-state index contributed by atoms with van der Waals surface area (Å²) in [5.41, 5.74) is -0.698. The molecule has 4 heteroatoms. The number of hydrogen-bond acceptors (Lipinski definition) is 2. The SMILES string of the molecule is CC(CCO)CCCC(C)(C)F.O=C(O)c1ccccc1. The summed E-state index contributed by atoms with van der Waals surface area (Å²) in [5.74, 6) is -0.354. The van der Waals surface area contributed by atoms with Crippen molar-refractivity contribution in [1.29, 1.82) is 0 Å². The zero-order chi connectivity index (χ0) is 16.3. The van der Waals surface area contributed by atoms with Gasteiger partial charge in [-0.15, -0.1) is 0 Å². The molecule has 0 amide bonds. The van der Waals surface area contributed by atoms with Crippen LogP contribution in [0.2, 0.25) is 0 Å². The van der Waals surface area contributed by atoms with Crippen molar-refractivity contribution in [2.75, 3.05) is 6.61 Å². The van der Waals surface area contributed by atoms with Gasteiger partial charge in [0.05, 0.1) is 5.56 Å². The molecule has 1 rings (SSSR count). The first-order chi connectivity index (χ1) is 9.76. The Bertz CT molecular complexity index is 385. The van der Waals surface area contributed by atoms with E-state index in [0.717, 1.165) is 19.3 Å². The van der Waals surface area contributed by atoms with Crippen LogP contribution in [0.3, 0.4) is 0 Å². The first kappa shape index (κ1) is 19.6. The van der Waals surface area contributed by atoms with Gasteiger partial charge in [-0.05, 0) is 44.7 Å². The van der Waals surface area contributed by atoms with E-state index in [0.29, 0.717) is 17.9 Å². The van der Waals surface area contributed by atoms with Crippen molar-refractivity contribution < 1.29 is 19.4 Å². The predicted molar refractivity (Wildman–Crippen MR) is 83.3 cm³/mol. The molecule has 1 atom stereocenters. The van der Waals surface area contributed by atoms with Crippen LogP contribution in [-0.2, 0) is 0 Å². The molecule has 1 unspecified atom stereocenters. The summed E-state index contributed by atoms with van der Waals surface area (Å²) in [5, 5.41) is 17.0. The lowest BCUT2D eigenvalue weighted by atomic mass is 9.96. The highest BCUT2D eigenvalue weighted by molar-refractivity contribution is 5.87. The second-order valence-electron chi connectivity index (χ2n) is 5.90. The monoisotopic (exact) mass is 298 g/mol. The molecule has 0 aliphatic heterocycles. The number of benzene rings is 1. The van der Waals surface area contributed by atoms with E-state index in [1.54, 1.807) is 44.2 Å². The van der Waals surface area contributed by atoms with Crippen LogP contribution in [0.1, 0.15) is 56.8 Å². The number of hydrogen-bond donors (Lipinski definition) is 2. The van der Waals surface area contributed by atoms with Crippen LogP contribution in [0, 0.1) is 5.92 Å². The van der Waals surface area contributed by atoms with Crippen LogP contribution in [-0.4, -0.2) is 28.5 Å². The molecule has 1 aromatic carbocycles. The molecular weight excluding hydrogens is 271 g/mol. The fourth-order valence-corrected chi connectivity index (χ4v) is 1.82. The Labute approximate surface area is 126 Å². The summed E-state index contributed by atoms with van der Waals surface area (Å²) in [4.78, 5) is 10.2. The largest absolute Gasteiger partial charge is 0.478 e. The van der Waals surface area contributed by atoms with Gasteiger partial charge in [0.1, 0.15) is 5.67 Å². The third-order valence-corrected chi connectivity index (χ3v) is 3.11. The Morgan fingerprint density at radius 1 is 1.24 bits per heavy atom. The van der Waals surface area contributed by atoms with Crippen molar-refractivity contribution in [3.05, 3.63) is 35.9 Å². The van der Waals surface area contributed by atoms with Gasteiger partial charge in [0.2, 0.25) is 0 Å². The molecule has 0 aliphatic rings. The molecule has 120 valence electrons. The molecular formula is C17H27FO3.